The molecule has 0 aliphatic rings. The smallest absolute Gasteiger partial charge is 0.269 e. The molecule has 0 saturated heterocycles. The summed E-state index contributed by atoms with van der Waals surface area (Å²) in [6.45, 7) is 3.61. The summed E-state index contributed by atoms with van der Waals surface area (Å²) in [5.74, 6) is 0.440. The maximum Gasteiger partial charge on any atom is 0.269 e. The van der Waals surface area contributed by atoms with Crippen LogP contribution in [0.1, 0.15) is 16.3 Å². The van der Waals surface area contributed by atoms with Crippen LogP contribution in [0, 0.1) is 0 Å². The van der Waals surface area contributed by atoms with E-state index in [0.717, 1.165) is 0 Å². The number of hydrogen-bond donors (Lipinski definition) is 1. The van der Waals surface area contributed by atoms with Gasteiger partial charge in [-0.05, 0) is 11.1 Å². The highest BCUT2D eigenvalue weighted by Gasteiger charge is 2.11. The van der Waals surface area contributed by atoms with Gasteiger partial charge < -0.3 is 5.32 Å². The summed E-state index contributed by atoms with van der Waals surface area (Å²) in [6, 6.07) is 0. The van der Waals surface area contributed by atoms with Gasteiger partial charge in [0.25, 0.3) is 5.91 Å². The summed E-state index contributed by atoms with van der Waals surface area (Å²) >= 11 is 3.14. The number of rotatable bonds is 3. The van der Waals surface area contributed by atoms with Crippen LogP contribution in [-0.4, -0.2) is 22.5 Å². The average Bonchev–Trinajstić information content (AvgIpc) is 2.60. The predicted molar refractivity (Wildman–Crippen MR) is 60.0 cm³/mol. The Balaban J connectivity index is 3.23. The summed E-state index contributed by atoms with van der Waals surface area (Å²) in [5.41, 5.74) is 0.470. The monoisotopic (exact) mass is 255 g/mol. The molecule has 0 aromatic carbocycles. The topological polar surface area (TPSA) is 46.9 Å². The number of hydrogen-bond acceptors (Lipinski definition) is 2. The zero-order valence-electron chi connectivity index (χ0n) is 7.70. The number of amides is 1. The van der Waals surface area contributed by atoms with E-state index < -0.39 is 0 Å². The highest BCUT2D eigenvalue weighted by atomic mass is 79.9. The first-order valence-electron chi connectivity index (χ1n) is 3.93. The van der Waals surface area contributed by atoms with Crippen molar-refractivity contribution in [1.82, 2.24) is 14.9 Å². The fourth-order valence-corrected chi connectivity index (χ4v) is 1.27. The molecule has 1 aromatic heterocycles. The molecular weight excluding hydrogens is 246 g/mol. The first-order chi connectivity index (χ1) is 6.74. The van der Waals surface area contributed by atoms with Crippen LogP contribution in [0.25, 0.3) is 12.3 Å². The summed E-state index contributed by atoms with van der Waals surface area (Å²) in [7, 11) is 1.57. The second-order valence-corrected chi connectivity index (χ2v) is 2.96. The Bertz CT molecular complexity index is 381. The normalized spacial score (nSPS) is 10.4. The number of carbonyl (C=O) groups is 1. The standard InChI is InChI=1S/C9H10BrN3O/c1-3-8-12-6-7(9(14)11-2)13(8)5-4-10/h3-6H,1H2,2H3,(H,11,14)/b5-4+. The van der Waals surface area contributed by atoms with Gasteiger partial charge in [-0.25, -0.2) is 4.98 Å². The lowest BCUT2D eigenvalue weighted by molar-refractivity contribution is 0.0957. The van der Waals surface area contributed by atoms with E-state index in [4.69, 9.17) is 0 Å². The Morgan fingerprint density at radius 3 is 3.00 bits per heavy atom. The third kappa shape index (κ3) is 1.93. The van der Waals surface area contributed by atoms with Crippen molar-refractivity contribution in [2.75, 3.05) is 7.05 Å². The molecule has 1 heterocycles. The van der Waals surface area contributed by atoms with Crippen LogP contribution in [0.15, 0.2) is 17.8 Å². The maximum atomic E-state index is 11.4. The summed E-state index contributed by atoms with van der Waals surface area (Å²) in [6.07, 6.45) is 4.77. The quantitative estimate of drug-likeness (QED) is 0.894. The SMILES string of the molecule is C=Cc1ncc(C(=O)NC)n1/C=C/Br. The van der Waals surface area contributed by atoms with Gasteiger partial charge >= 0.3 is 0 Å². The number of aromatic nitrogens is 2. The first kappa shape index (κ1) is 10.7. The van der Waals surface area contributed by atoms with Crippen molar-refractivity contribution >= 4 is 34.1 Å². The van der Waals surface area contributed by atoms with E-state index in [0.29, 0.717) is 11.5 Å². The zero-order valence-corrected chi connectivity index (χ0v) is 9.28. The fraction of sp³-hybridized carbons (Fsp3) is 0.111. The number of carbonyl (C=O) groups excluding carboxylic acids is 1. The van der Waals surface area contributed by atoms with E-state index in [1.54, 1.807) is 28.9 Å². The van der Waals surface area contributed by atoms with Crippen LogP contribution in [0.5, 0.6) is 0 Å². The predicted octanol–water partition coefficient (Wildman–Crippen LogP) is 1.71. The van der Waals surface area contributed by atoms with Crippen molar-refractivity contribution in [2.24, 2.45) is 0 Å². The molecule has 0 aliphatic carbocycles. The number of halogens is 1. The number of nitrogens with one attached hydrogen (secondary N) is 1. The molecule has 1 aromatic rings. The minimum absolute atomic E-state index is 0.184. The van der Waals surface area contributed by atoms with Crippen molar-refractivity contribution in [3.8, 4) is 0 Å². The minimum atomic E-state index is -0.184. The van der Waals surface area contributed by atoms with Crippen LogP contribution in [0.2, 0.25) is 0 Å². The molecule has 1 rings (SSSR count). The van der Waals surface area contributed by atoms with Gasteiger partial charge in [0.1, 0.15) is 11.5 Å². The molecule has 0 atom stereocenters. The van der Waals surface area contributed by atoms with E-state index in [1.165, 1.54) is 6.20 Å². The molecule has 14 heavy (non-hydrogen) atoms. The Hall–Kier alpha value is -1.36. The van der Waals surface area contributed by atoms with Gasteiger partial charge in [-0.15, -0.1) is 0 Å². The molecule has 4 nitrogen and oxygen atoms in total. The van der Waals surface area contributed by atoms with Gasteiger partial charge in [-0.1, -0.05) is 22.5 Å². The van der Waals surface area contributed by atoms with Gasteiger partial charge in [0.2, 0.25) is 0 Å². The molecule has 0 radical (unpaired) electrons. The Labute approximate surface area is 90.5 Å². The second-order valence-electron chi connectivity index (χ2n) is 2.43. The van der Waals surface area contributed by atoms with E-state index in [2.05, 4.69) is 32.8 Å². The fourth-order valence-electron chi connectivity index (χ4n) is 1.04. The maximum absolute atomic E-state index is 11.4. The van der Waals surface area contributed by atoms with E-state index in [-0.39, 0.29) is 5.91 Å². The van der Waals surface area contributed by atoms with Gasteiger partial charge in [-0.2, -0.15) is 0 Å². The van der Waals surface area contributed by atoms with Crippen molar-refractivity contribution in [2.45, 2.75) is 0 Å². The molecule has 0 spiro atoms. The van der Waals surface area contributed by atoms with Crippen LogP contribution in [0.3, 0.4) is 0 Å². The Morgan fingerprint density at radius 1 is 1.79 bits per heavy atom. The average molecular weight is 256 g/mol. The van der Waals surface area contributed by atoms with E-state index >= 15 is 0 Å². The highest BCUT2D eigenvalue weighted by molar-refractivity contribution is 9.11. The van der Waals surface area contributed by atoms with E-state index in [9.17, 15) is 4.79 Å². The Kier molecular flexibility index (Phi) is 3.64. The molecule has 0 bridgehead atoms. The summed E-state index contributed by atoms with van der Waals surface area (Å²) < 4.78 is 1.64. The van der Waals surface area contributed by atoms with Crippen molar-refractivity contribution in [1.29, 1.82) is 0 Å². The lowest BCUT2D eigenvalue weighted by atomic mass is 10.4. The third-order valence-corrected chi connectivity index (χ3v) is 1.91. The van der Waals surface area contributed by atoms with Crippen molar-refractivity contribution < 1.29 is 4.79 Å². The third-order valence-electron chi connectivity index (χ3n) is 1.67. The first-order valence-corrected chi connectivity index (χ1v) is 4.84. The van der Waals surface area contributed by atoms with Gasteiger partial charge in [0, 0.05) is 13.2 Å². The molecule has 1 N–H and O–H groups in total. The molecule has 74 valence electrons. The molecule has 0 fully saturated rings. The Morgan fingerprint density at radius 2 is 2.50 bits per heavy atom. The second kappa shape index (κ2) is 4.76. The molecular formula is C9H10BrN3O. The molecule has 1 amide bonds. The van der Waals surface area contributed by atoms with Crippen molar-refractivity contribution in [3.63, 3.8) is 0 Å². The van der Waals surface area contributed by atoms with E-state index in [1.807, 2.05) is 0 Å². The van der Waals surface area contributed by atoms with Crippen LogP contribution in [-0.2, 0) is 0 Å². The highest BCUT2D eigenvalue weighted by Crippen LogP contribution is 2.08. The lowest BCUT2D eigenvalue weighted by Gasteiger charge is -2.02. The molecule has 0 aliphatic heterocycles. The van der Waals surface area contributed by atoms with Crippen LogP contribution >= 0.6 is 15.9 Å². The minimum Gasteiger partial charge on any atom is -0.354 e. The molecule has 0 unspecified atom stereocenters. The summed E-state index contributed by atoms with van der Waals surface area (Å²) in [4.78, 5) is 17.1. The van der Waals surface area contributed by atoms with Crippen LogP contribution in [0.4, 0.5) is 0 Å². The largest absolute Gasteiger partial charge is 0.354 e. The van der Waals surface area contributed by atoms with Crippen molar-refractivity contribution in [3.05, 3.63) is 29.3 Å². The summed E-state index contributed by atoms with van der Waals surface area (Å²) in [5, 5.41) is 2.53. The number of nitrogens with zero attached hydrogens (tertiary/aromatic N) is 2. The van der Waals surface area contributed by atoms with Gasteiger partial charge in [-0.3, -0.25) is 9.36 Å². The zero-order chi connectivity index (χ0) is 10.6. The number of imidazole rings is 1. The molecule has 0 saturated carbocycles. The lowest BCUT2D eigenvalue weighted by Crippen LogP contribution is -2.20. The van der Waals surface area contributed by atoms with Gasteiger partial charge in [0.15, 0.2) is 0 Å². The molecule has 5 heteroatoms. The van der Waals surface area contributed by atoms with Gasteiger partial charge in [0.05, 0.1) is 6.20 Å². The van der Waals surface area contributed by atoms with Crippen LogP contribution < -0.4 is 5.32 Å².